The van der Waals surface area contributed by atoms with Crippen molar-refractivity contribution < 1.29 is 0 Å². The van der Waals surface area contributed by atoms with Crippen molar-refractivity contribution in [3.63, 3.8) is 0 Å². The number of rotatable bonds is 4. The van der Waals surface area contributed by atoms with E-state index >= 15 is 0 Å². The summed E-state index contributed by atoms with van der Waals surface area (Å²) in [6, 6.07) is 6.21. The summed E-state index contributed by atoms with van der Waals surface area (Å²) in [4.78, 5) is 0. The molecule has 0 aliphatic rings. The predicted octanol–water partition coefficient (Wildman–Crippen LogP) is 3.88. The summed E-state index contributed by atoms with van der Waals surface area (Å²) >= 11 is 6.11. The number of likely N-dealkylation sites (N-methyl/N-ethyl adjacent to an activating group) is 1. The molecule has 0 saturated carbocycles. The Morgan fingerprint density at radius 1 is 1.53 bits per heavy atom. The molecule has 1 aromatic carbocycles. The molecule has 1 aromatic rings. The Labute approximate surface area is 97.1 Å². The highest BCUT2D eigenvalue weighted by Gasteiger charge is 2.14. The smallest absolute Gasteiger partial charge is 0.0533 e. The zero-order valence-corrected chi connectivity index (χ0v) is 10.4. The highest BCUT2D eigenvalue weighted by molar-refractivity contribution is 6.31. The largest absolute Gasteiger partial charge is 0.307 e. The van der Waals surface area contributed by atoms with Crippen molar-refractivity contribution >= 4 is 11.6 Å². The van der Waals surface area contributed by atoms with Crippen LogP contribution in [-0.2, 0) is 0 Å². The monoisotopic (exact) mass is 223 g/mol. The maximum Gasteiger partial charge on any atom is 0.0533 e. The molecule has 0 amide bonds. The van der Waals surface area contributed by atoms with E-state index in [2.05, 4.69) is 24.9 Å². The van der Waals surface area contributed by atoms with Gasteiger partial charge < -0.3 is 5.32 Å². The number of hydrogen-bond acceptors (Lipinski definition) is 1. The molecule has 15 heavy (non-hydrogen) atoms. The van der Waals surface area contributed by atoms with Crippen LogP contribution >= 0.6 is 11.6 Å². The van der Waals surface area contributed by atoms with Gasteiger partial charge in [0.15, 0.2) is 0 Å². The summed E-state index contributed by atoms with van der Waals surface area (Å²) in [5.74, 6) is 0. The van der Waals surface area contributed by atoms with E-state index in [0.29, 0.717) is 0 Å². The molecule has 0 radical (unpaired) electrons. The van der Waals surface area contributed by atoms with Crippen LogP contribution in [0.3, 0.4) is 0 Å². The highest BCUT2D eigenvalue weighted by atomic mass is 35.5. The fourth-order valence-corrected chi connectivity index (χ4v) is 1.87. The van der Waals surface area contributed by atoms with E-state index in [9.17, 15) is 0 Å². The van der Waals surface area contributed by atoms with Crippen molar-refractivity contribution in [1.82, 2.24) is 5.32 Å². The van der Waals surface area contributed by atoms with Crippen molar-refractivity contribution in [3.05, 3.63) is 46.5 Å². The summed E-state index contributed by atoms with van der Waals surface area (Å²) in [7, 11) is 0. The third-order valence-electron chi connectivity index (χ3n) is 2.52. The summed E-state index contributed by atoms with van der Waals surface area (Å²) in [5, 5.41) is 4.22. The van der Waals surface area contributed by atoms with Gasteiger partial charge in [0.2, 0.25) is 0 Å². The van der Waals surface area contributed by atoms with Crippen molar-refractivity contribution in [2.45, 2.75) is 26.8 Å². The van der Waals surface area contributed by atoms with Gasteiger partial charge in [0.1, 0.15) is 0 Å². The van der Waals surface area contributed by atoms with Crippen LogP contribution in [0.25, 0.3) is 0 Å². The minimum atomic E-state index is 0.202. The summed E-state index contributed by atoms with van der Waals surface area (Å²) < 4.78 is 0. The van der Waals surface area contributed by atoms with Gasteiger partial charge in [-0.1, -0.05) is 42.8 Å². The molecule has 2 heteroatoms. The van der Waals surface area contributed by atoms with Crippen molar-refractivity contribution in [3.8, 4) is 0 Å². The van der Waals surface area contributed by atoms with Crippen LogP contribution in [0.5, 0.6) is 0 Å². The average Bonchev–Trinajstić information content (AvgIpc) is 2.19. The van der Waals surface area contributed by atoms with E-state index in [1.165, 1.54) is 5.56 Å². The molecule has 1 atom stereocenters. The average molecular weight is 224 g/mol. The first-order valence-electron chi connectivity index (χ1n) is 5.21. The Morgan fingerprint density at radius 2 is 2.20 bits per heavy atom. The lowest BCUT2D eigenvalue weighted by Crippen LogP contribution is -2.22. The number of nitrogens with one attached hydrogen (secondary N) is 1. The molecule has 0 fully saturated rings. The molecular formula is C13H18ClN. The van der Waals surface area contributed by atoms with Gasteiger partial charge in [-0.25, -0.2) is 0 Å². The Balaban J connectivity index is 3.11. The van der Waals surface area contributed by atoms with Crippen LogP contribution in [0.4, 0.5) is 0 Å². The topological polar surface area (TPSA) is 12.0 Å². The van der Waals surface area contributed by atoms with Crippen molar-refractivity contribution in [2.24, 2.45) is 0 Å². The van der Waals surface area contributed by atoms with Crippen LogP contribution in [0, 0.1) is 6.92 Å². The second-order valence-electron chi connectivity index (χ2n) is 3.79. The lowest BCUT2D eigenvalue weighted by molar-refractivity contribution is 0.619. The van der Waals surface area contributed by atoms with Gasteiger partial charge in [0.05, 0.1) is 6.04 Å². The van der Waals surface area contributed by atoms with Gasteiger partial charge in [-0.3, -0.25) is 0 Å². The second-order valence-corrected chi connectivity index (χ2v) is 4.20. The van der Waals surface area contributed by atoms with E-state index in [1.54, 1.807) is 0 Å². The molecule has 0 aromatic heterocycles. The second kappa shape index (κ2) is 5.34. The summed E-state index contributed by atoms with van der Waals surface area (Å²) in [6.07, 6.45) is 0. The first kappa shape index (κ1) is 12.3. The van der Waals surface area contributed by atoms with E-state index in [0.717, 1.165) is 22.7 Å². The van der Waals surface area contributed by atoms with E-state index in [1.807, 2.05) is 26.0 Å². The van der Waals surface area contributed by atoms with Gasteiger partial charge in [-0.15, -0.1) is 0 Å². The minimum absolute atomic E-state index is 0.202. The van der Waals surface area contributed by atoms with Crippen LogP contribution in [0.2, 0.25) is 5.02 Å². The Kier molecular flexibility index (Phi) is 4.37. The fourth-order valence-electron chi connectivity index (χ4n) is 1.69. The Bertz CT molecular complexity index is 358. The molecule has 82 valence electrons. The van der Waals surface area contributed by atoms with E-state index in [-0.39, 0.29) is 6.04 Å². The van der Waals surface area contributed by atoms with Crippen LogP contribution in [0.15, 0.2) is 30.4 Å². The first-order chi connectivity index (χ1) is 7.07. The van der Waals surface area contributed by atoms with Gasteiger partial charge in [-0.2, -0.15) is 0 Å². The maximum atomic E-state index is 6.11. The standard InChI is InChI=1S/C13H18ClN/c1-5-15-13(9(2)3)11-7-6-8-12(14)10(11)4/h6-8,13,15H,2,5H2,1,3-4H3. The third-order valence-corrected chi connectivity index (χ3v) is 2.93. The van der Waals surface area contributed by atoms with Gasteiger partial charge in [0.25, 0.3) is 0 Å². The van der Waals surface area contributed by atoms with Crippen LogP contribution in [-0.4, -0.2) is 6.54 Å². The van der Waals surface area contributed by atoms with Crippen LogP contribution < -0.4 is 5.32 Å². The molecule has 0 aliphatic heterocycles. The zero-order chi connectivity index (χ0) is 11.4. The normalized spacial score (nSPS) is 12.5. The number of halogens is 1. The third kappa shape index (κ3) is 2.83. The van der Waals surface area contributed by atoms with Gasteiger partial charge in [0, 0.05) is 5.02 Å². The van der Waals surface area contributed by atoms with E-state index < -0.39 is 0 Å². The van der Waals surface area contributed by atoms with Crippen molar-refractivity contribution in [2.75, 3.05) is 6.54 Å². The zero-order valence-electron chi connectivity index (χ0n) is 9.60. The Morgan fingerprint density at radius 3 is 2.73 bits per heavy atom. The molecule has 1 rings (SSSR count). The number of hydrogen-bond donors (Lipinski definition) is 1. The lowest BCUT2D eigenvalue weighted by Gasteiger charge is -2.21. The molecule has 0 spiro atoms. The molecule has 0 bridgehead atoms. The molecule has 0 saturated heterocycles. The highest BCUT2D eigenvalue weighted by Crippen LogP contribution is 2.27. The maximum absolute atomic E-state index is 6.11. The quantitative estimate of drug-likeness (QED) is 0.764. The SMILES string of the molecule is C=C(C)C(NCC)c1cccc(Cl)c1C. The first-order valence-corrected chi connectivity index (χ1v) is 5.59. The lowest BCUT2D eigenvalue weighted by atomic mass is 9.96. The minimum Gasteiger partial charge on any atom is -0.307 e. The molecule has 0 aliphatic carbocycles. The van der Waals surface area contributed by atoms with E-state index in [4.69, 9.17) is 11.6 Å². The molecule has 1 unspecified atom stereocenters. The molecular weight excluding hydrogens is 206 g/mol. The fraction of sp³-hybridized carbons (Fsp3) is 0.385. The Hall–Kier alpha value is -0.790. The predicted molar refractivity (Wildman–Crippen MR) is 67.4 cm³/mol. The molecule has 0 heterocycles. The van der Waals surface area contributed by atoms with Gasteiger partial charge in [-0.05, 0) is 37.6 Å². The molecule has 1 N–H and O–H groups in total. The summed E-state index contributed by atoms with van der Waals surface area (Å²) in [6.45, 7) is 11.1. The molecule has 1 nitrogen and oxygen atoms in total. The van der Waals surface area contributed by atoms with Crippen LogP contribution in [0.1, 0.15) is 31.0 Å². The number of benzene rings is 1. The summed E-state index contributed by atoms with van der Waals surface area (Å²) in [5.41, 5.74) is 3.46. The van der Waals surface area contributed by atoms with Crippen molar-refractivity contribution in [1.29, 1.82) is 0 Å². The van der Waals surface area contributed by atoms with Gasteiger partial charge >= 0.3 is 0 Å².